The van der Waals surface area contributed by atoms with Gasteiger partial charge in [-0.2, -0.15) is 0 Å². The SMILES string of the molecule is NC(=O)C1=Cc2ccccc2NC1.c1ccncc1. The number of hydrogen-bond acceptors (Lipinski definition) is 3. The monoisotopic (exact) mass is 253 g/mol. The lowest BCUT2D eigenvalue weighted by Crippen LogP contribution is -2.22. The standard InChI is InChI=1S/C10H10N2O.C5H5N/c11-10(13)8-5-7-3-1-2-4-9(7)12-6-8;1-2-4-6-5-3-1/h1-5,12H,6H2,(H2,11,13);1-5H. The van der Waals surface area contributed by atoms with Crippen LogP contribution in [0.15, 0.2) is 60.4 Å². The van der Waals surface area contributed by atoms with Gasteiger partial charge >= 0.3 is 0 Å². The number of benzene rings is 1. The van der Waals surface area contributed by atoms with Gasteiger partial charge in [-0.15, -0.1) is 0 Å². The summed E-state index contributed by atoms with van der Waals surface area (Å²) >= 11 is 0. The van der Waals surface area contributed by atoms with Crippen molar-refractivity contribution >= 4 is 17.7 Å². The molecular weight excluding hydrogens is 238 g/mol. The minimum absolute atomic E-state index is 0.359. The van der Waals surface area contributed by atoms with E-state index in [-0.39, 0.29) is 5.91 Å². The lowest BCUT2D eigenvalue weighted by atomic mass is 10.0. The van der Waals surface area contributed by atoms with Crippen LogP contribution in [0.2, 0.25) is 0 Å². The Hall–Kier alpha value is -2.62. The van der Waals surface area contributed by atoms with Gasteiger partial charge in [0.1, 0.15) is 0 Å². The van der Waals surface area contributed by atoms with E-state index in [2.05, 4.69) is 10.3 Å². The summed E-state index contributed by atoms with van der Waals surface area (Å²) in [6.45, 7) is 0.520. The van der Waals surface area contributed by atoms with E-state index in [1.807, 2.05) is 48.5 Å². The lowest BCUT2D eigenvalue weighted by Gasteiger charge is -2.16. The van der Waals surface area contributed by atoms with Gasteiger partial charge in [0, 0.05) is 30.2 Å². The summed E-state index contributed by atoms with van der Waals surface area (Å²) in [7, 11) is 0. The van der Waals surface area contributed by atoms with Crippen molar-refractivity contribution in [2.24, 2.45) is 5.73 Å². The van der Waals surface area contributed by atoms with Crippen LogP contribution in [-0.2, 0) is 4.79 Å². The Balaban J connectivity index is 0.000000186. The number of pyridine rings is 1. The van der Waals surface area contributed by atoms with Gasteiger partial charge in [0.25, 0.3) is 0 Å². The molecule has 1 amide bonds. The molecule has 0 unspecified atom stereocenters. The number of anilines is 1. The van der Waals surface area contributed by atoms with Crippen LogP contribution in [0.4, 0.5) is 5.69 Å². The number of nitrogens with two attached hydrogens (primary N) is 1. The quantitative estimate of drug-likeness (QED) is 0.817. The van der Waals surface area contributed by atoms with Gasteiger partial charge in [0.05, 0.1) is 0 Å². The zero-order valence-electron chi connectivity index (χ0n) is 10.4. The van der Waals surface area contributed by atoms with Crippen molar-refractivity contribution in [3.05, 3.63) is 66.0 Å². The summed E-state index contributed by atoms with van der Waals surface area (Å²) in [5.74, 6) is -0.359. The molecule has 0 atom stereocenters. The van der Waals surface area contributed by atoms with E-state index in [0.717, 1.165) is 11.3 Å². The molecule has 1 aromatic heterocycles. The summed E-state index contributed by atoms with van der Waals surface area (Å²) in [6.07, 6.45) is 5.33. The molecule has 4 heteroatoms. The van der Waals surface area contributed by atoms with Gasteiger partial charge in [-0.25, -0.2) is 0 Å². The second-order valence-electron chi connectivity index (χ2n) is 4.00. The van der Waals surface area contributed by atoms with Gasteiger partial charge in [0.15, 0.2) is 0 Å². The van der Waals surface area contributed by atoms with Gasteiger partial charge in [-0.05, 0) is 29.8 Å². The highest BCUT2D eigenvalue weighted by atomic mass is 16.1. The molecule has 3 N–H and O–H groups in total. The molecule has 1 aliphatic heterocycles. The number of para-hydroxylation sites is 1. The van der Waals surface area contributed by atoms with Crippen LogP contribution in [0.25, 0.3) is 6.08 Å². The Kier molecular flexibility index (Phi) is 4.29. The minimum atomic E-state index is -0.359. The number of nitrogens with one attached hydrogen (secondary N) is 1. The maximum atomic E-state index is 10.9. The molecule has 2 heterocycles. The van der Waals surface area contributed by atoms with Crippen LogP contribution in [0.3, 0.4) is 0 Å². The number of aromatic nitrogens is 1. The number of nitrogens with zero attached hydrogens (tertiary/aromatic N) is 1. The summed E-state index contributed by atoms with van der Waals surface area (Å²) in [5.41, 5.74) is 7.87. The average molecular weight is 253 g/mol. The molecule has 4 nitrogen and oxygen atoms in total. The lowest BCUT2D eigenvalue weighted by molar-refractivity contribution is -0.114. The Labute approximate surface area is 112 Å². The van der Waals surface area contributed by atoms with Gasteiger partial charge < -0.3 is 11.1 Å². The van der Waals surface area contributed by atoms with Gasteiger partial charge in [0.2, 0.25) is 5.91 Å². The van der Waals surface area contributed by atoms with Crippen molar-refractivity contribution in [1.82, 2.24) is 4.98 Å². The molecule has 0 fully saturated rings. The normalized spacial score (nSPS) is 12.1. The van der Waals surface area contributed by atoms with E-state index in [1.165, 1.54) is 0 Å². The zero-order valence-corrected chi connectivity index (χ0v) is 10.4. The molecule has 1 aliphatic rings. The molecule has 0 saturated carbocycles. The van der Waals surface area contributed by atoms with Crippen molar-refractivity contribution in [3.8, 4) is 0 Å². The van der Waals surface area contributed by atoms with Crippen LogP contribution in [0.1, 0.15) is 5.56 Å². The average Bonchev–Trinajstić information content (AvgIpc) is 2.49. The van der Waals surface area contributed by atoms with E-state index in [0.29, 0.717) is 12.1 Å². The van der Waals surface area contributed by atoms with Crippen LogP contribution in [0.5, 0.6) is 0 Å². The van der Waals surface area contributed by atoms with Crippen molar-refractivity contribution in [2.75, 3.05) is 11.9 Å². The third-order valence-electron chi connectivity index (χ3n) is 2.64. The van der Waals surface area contributed by atoms with E-state index in [9.17, 15) is 4.79 Å². The van der Waals surface area contributed by atoms with E-state index >= 15 is 0 Å². The Morgan fingerprint density at radius 3 is 2.42 bits per heavy atom. The third kappa shape index (κ3) is 3.67. The molecule has 19 heavy (non-hydrogen) atoms. The summed E-state index contributed by atoms with van der Waals surface area (Å²) < 4.78 is 0. The van der Waals surface area contributed by atoms with Crippen molar-refractivity contribution in [1.29, 1.82) is 0 Å². The number of rotatable bonds is 1. The first-order chi connectivity index (χ1) is 9.27. The molecule has 96 valence electrons. The maximum Gasteiger partial charge on any atom is 0.246 e. The zero-order chi connectivity index (χ0) is 13.5. The smallest absolute Gasteiger partial charge is 0.246 e. The second kappa shape index (κ2) is 6.35. The van der Waals surface area contributed by atoms with Crippen molar-refractivity contribution in [3.63, 3.8) is 0 Å². The first kappa shape index (κ1) is 12.8. The minimum Gasteiger partial charge on any atom is -0.380 e. The van der Waals surface area contributed by atoms with Crippen LogP contribution in [-0.4, -0.2) is 17.4 Å². The Bertz CT molecular complexity index is 552. The molecule has 3 rings (SSSR count). The third-order valence-corrected chi connectivity index (χ3v) is 2.64. The Morgan fingerprint density at radius 1 is 1.11 bits per heavy atom. The largest absolute Gasteiger partial charge is 0.380 e. The van der Waals surface area contributed by atoms with E-state index in [4.69, 9.17) is 5.73 Å². The molecule has 0 bridgehead atoms. The molecule has 2 aromatic rings. The molecule has 0 radical (unpaired) electrons. The highest BCUT2D eigenvalue weighted by molar-refractivity contribution is 5.99. The fraction of sp³-hybridized carbons (Fsp3) is 0.0667. The molecule has 0 saturated heterocycles. The van der Waals surface area contributed by atoms with Crippen molar-refractivity contribution < 1.29 is 4.79 Å². The van der Waals surface area contributed by atoms with E-state index < -0.39 is 0 Å². The predicted molar refractivity (Wildman–Crippen MR) is 76.3 cm³/mol. The predicted octanol–water partition coefficient (Wildman–Crippen LogP) is 2.06. The number of carbonyl (C=O) groups is 1. The van der Waals surface area contributed by atoms with Crippen LogP contribution < -0.4 is 11.1 Å². The summed E-state index contributed by atoms with van der Waals surface area (Å²) in [5, 5.41) is 3.12. The van der Waals surface area contributed by atoms with Gasteiger partial charge in [-0.1, -0.05) is 24.3 Å². The number of carbonyl (C=O) groups excluding carboxylic acids is 1. The number of fused-ring (bicyclic) bond motifs is 1. The molecule has 1 aromatic carbocycles. The molecule has 0 aliphatic carbocycles. The molecular formula is C15H15N3O. The topological polar surface area (TPSA) is 68.0 Å². The fourth-order valence-electron chi connectivity index (χ4n) is 1.68. The van der Waals surface area contributed by atoms with Crippen molar-refractivity contribution in [2.45, 2.75) is 0 Å². The van der Waals surface area contributed by atoms with Crippen LogP contribution >= 0.6 is 0 Å². The number of hydrogen-bond donors (Lipinski definition) is 2. The van der Waals surface area contributed by atoms with E-state index in [1.54, 1.807) is 12.4 Å². The maximum absolute atomic E-state index is 10.9. The number of primary amides is 1. The second-order valence-corrected chi connectivity index (χ2v) is 4.00. The fourth-order valence-corrected chi connectivity index (χ4v) is 1.68. The first-order valence-electron chi connectivity index (χ1n) is 5.95. The highest BCUT2D eigenvalue weighted by Crippen LogP contribution is 2.22. The Morgan fingerprint density at radius 2 is 1.84 bits per heavy atom. The number of amides is 1. The summed E-state index contributed by atoms with van der Waals surface area (Å²) in [6, 6.07) is 13.5. The van der Waals surface area contributed by atoms with Gasteiger partial charge in [-0.3, -0.25) is 9.78 Å². The first-order valence-corrected chi connectivity index (χ1v) is 5.95. The van der Waals surface area contributed by atoms with Crippen LogP contribution in [0, 0.1) is 0 Å². The highest BCUT2D eigenvalue weighted by Gasteiger charge is 2.11. The summed E-state index contributed by atoms with van der Waals surface area (Å²) in [4.78, 5) is 14.7. The molecule has 0 spiro atoms.